The predicted octanol–water partition coefficient (Wildman–Crippen LogP) is 3.20. The van der Waals surface area contributed by atoms with Crippen molar-refractivity contribution in [1.29, 1.82) is 0 Å². The smallest absolute Gasteiger partial charge is 0.169 e. The van der Waals surface area contributed by atoms with E-state index in [0.29, 0.717) is 0 Å². The number of carbonyl (C=O) groups is 1. The van der Waals surface area contributed by atoms with E-state index in [1.54, 1.807) is 6.92 Å². The minimum Gasteiger partial charge on any atom is -0.299 e. The van der Waals surface area contributed by atoms with Crippen LogP contribution in [-0.4, -0.2) is 23.8 Å². The maximum absolute atomic E-state index is 11.2. The van der Waals surface area contributed by atoms with Crippen molar-refractivity contribution in [2.24, 2.45) is 0 Å². The molecule has 0 bridgehead atoms. The van der Waals surface area contributed by atoms with Crippen LogP contribution in [0.25, 0.3) is 0 Å². The Hall–Kier alpha value is -0.380. The number of Topliss-reactive ketones (excluding diaryl/α,β-unsaturated/α-hetero) is 1. The molecule has 2 nitrogen and oxygen atoms in total. The van der Waals surface area contributed by atoms with E-state index < -0.39 is 0 Å². The fourth-order valence-electron chi connectivity index (χ4n) is 1.87. The minimum absolute atomic E-state index is 0.106. The zero-order valence-corrected chi connectivity index (χ0v) is 10.3. The molecule has 1 saturated heterocycles. The largest absolute Gasteiger partial charge is 0.299 e. The molecule has 1 aromatic rings. The van der Waals surface area contributed by atoms with Gasteiger partial charge in [-0.3, -0.25) is 9.69 Å². The number of hydrogen-bond acceptors (Lipinski definition) is 3. The van der Waals surface area contributed by atoms with Gasteiger partial charge in [0.2, 0.25) is 0 Å². The third-order valence-electron chi connectivity index (χ3n) is 2.70. The van der Waals surface area contributed by atoms with Crippen LogP contribution in [0.4, 0.5) is 0 Å². The first-order valence-electron chi connectivity index (χ1n) is 5.18. The van der Waals surface area contributed by atoms with E-state index >= 15 is 0 Å². The summed E-state index contributed by atoms with van der Waals surface area (Å²) in [6.45, 7) is 4.79. The second kappa shape index (κ2) is 4.64. The fourth-order valence-corrected chi connectivity index (χ4v) is 3.03. The number of rotatable bonds is 3. The lowest BCUT2D eigenvalue weighted by molar-refractivity contribution is 0.102. The van der Waals surface area contributed by atoms with Crippen molar-refractivity contribution in [3.63, 3.8) is 0 Å². The molecule has 2 rings (SSSR count). The minimum atomic E-state index is 0.106. The molecular weight excluding hydrogens is 230 g/mol. The topological polar surface area (TPSA) is 20.3 Å². The van der Waals surface area contributed by atoms with E-state index in [1.807, 2.05) is 6.07 Å². The molecule has 0 amide bonds. The summed E-state index contributed by atoms with van der Waals surface area (Å²) in [5, 5.41) is 0. The second-order valence-corrected chi connectivity index (χ2v) is 5.60. The molecule has 1 fully saturated rings. The molecule has 1 aromatic heterocycles. The highest BCUT2D eigenvalue weighted by atomic mass is 35.5. The summed E-state index contributed by atoms with van der Waals surface area (Å²) >= 11 is 7.50. The SMILES string of the molecule is CC(=O)c1cc(CN2CCCC2)c(Cl)s1. The molecule has 0 radical (unpaired) electrons. The monoisotopic (exact) mass is 243 g/mol. The molecule has 0 aliphatic carbocycles. The Balaban J connectivity index is 2.10. The number of likely N-dealkylation sites (tertiary alicyclic amines) is 1. The Morgan fingerprint density at radius 2 is 2.20 bits per heavy atom. The Morgan fingerprint density at radius 1 is 1.53 bits per heavy atom. The number of nitrogens with zero attached hydrogens (tertiary/aromatic N) is 1. The average molecular weight is 244 g/mol. The van der Waals surface area contributed by atoms with E-state index in [2.05, 4.69) is 4.90 Å². The van der Waals surface area contributed by atoms with E-state index in [1.165, 1.54) is 24.2 Å². The van der Waals surface area contributed by atoms with Gasteiger partial charge in [0.1, 0.15) is 0 Å². The van der Waals surface area contributed by atoms with Crippen LogP contribution in [0.15, 0.2) is 6.07 Å². The van der Waals surface area contributed by atoms with Gasteiger partial charge in [-0.15, -0.1) is 11.3 Å². The summed E-state index contributed by atoms with van der Waals surface area (Å²) in [5.74, 6) is 0.106. The van der Waals surface area contributed by atoms with E-state index in [4.69, 9.17) is 11.6 Å². The molecule has 0 saturated carbocycles. The Morgan fingerprint density at radius 3 is 2.73 bits per heavy atom. The highest BCUT2D eigenvalue weighted by Crippen LogP contribution is 2.29. The molecular formula is C11H14ClNOS. The van der Waals surface area contributed by atoms with Crippen LogP contribution in [0, 0.1) is 0 Å². The lowest BCUT2D eigenvalue weighted by Gasteiger charge is -2.13. The van der Waals surface area contributed by atoms with Crippen LogP contribution >= 0.6 is 22.9 Å². The third kappa shape index (κ3) is 2.60. The first kappa shape index (κ1) is 11.1. The second-order valence-electron chi connectivity index (χ2n) is 3.95. The van der Waals surface area contributed by atoms with Crippen LogP contribution in [0.5, 0.6) is 0 Å². The van der Waals surface area contributed by atoms with Gasteiger partial charge in [-0.25, -0.2) is 0 Å². The maximum atomic E-state index is 11.2. The van der Waals surface area contributed by atoms with Gasteiger partial charge in [-0.1, -0.05) is 11.6 Å². The number of thiophene rings is 1. The lowest BCUT2D eigenvalue weighted by atomic mass is 10.2. The number of carbonyl (C=O) groups excluding carboxylic acids is 1. The molecule has 15 heavy (non-hydrogen) atoms. The Bertz CT molecular complexity index is 369. The molecule has 1 aliphatic heterocycles. The summed E-state index contributed by atoms with van der Waals surface area (Å²) in [6, 6.07) is 1.94. The zero-order valence-electron chi connectivity index (χ0n) is 8.75. The van der Waals surface area contributed by atoms with Crippen LogP contribution in [0.1, 0.15) is 35.0 Å². The van der Waals surface area contributed by atoms with Crippen molar-refractivity contribution >= 4 is 28.7 Å². The van der Waals surface area contributed by atoms with Crippen LogP contribution in [-0.2, 0) is 6.54 Å². The molecule has 0 aromatic carbocycles. The van der Waals surface area contributed by atoms with Crippen molar-refractivity contribution in [2.75, 3.05) is 13.1 Å². The molecule has 0 spiro atoms. The summed E-state index contributed by atoms with van der Waals surface area (Å²) in [4.78, 5) is 14.3. The fraction of sp³-hybridized carbons (Fsp3) is 0.545. The number of hydrogen-bond donors (Lipinski definition) is 0. The molecule has 82 valence electrons. The van der Waals surface area contributed by atoms with Crippen LogP contribution < -0.4 is 0 Å². The Labute approximate surface area is 98.8 Å². The predicted molar refractivity (Wildman–Crippen MR) is 63.8 cm³/mol. The zero-order chi connectivity index (χ0) is 10.8. The van der Waals surface area contributed by atoms with E-state index in [0.717, 1.165) is 34.4 Å². The van der Waals surface area contributed by atoms with Crippen LogP contribution in [0.3, 0.4) is 0 Å². The molecule has 2 heterocycles. The first-order chi connectivity index (χ1) is 7.16. The summed E-state index contributed by atoms with van der Waals surface area (Å²) < 4.78 is 0.770. The average Bonchev–Trinajstić information content (AvgIpc) is 2.77. The van der Waals surface area contributed by atoms with Gasteiger partial charge in [-0.05, 0) is 44.5 Å². The van der Waals surface area contributed by atoms with E-state index in [9.17, 15) is 4.79 Å². The van der Waals surface area contributed by atoms with Gasteiger partial charge in [0, 0.05) is 6.54 Å². The summed E-state index contributed by atoms with van der Waals surface area (Å²) in [7, 11) is 0. The summed E-state index contributed by atoms with van der Waals surface area (Å²) in [5.41, 5.74) is 1.11. The third-order valence-corrected chi connectivity index (χ3v) is 4.24. The molecule has 1 aliphatic rings. The van der Waals surface area contributed by atoms with Gasteiger partial charge in [0.15, 0.2) is 5.78 Å². The first-order valence-corrected chi connectivity index (χ1v) is 6.38. The molecule has 0 atom stereocenters. The van der Waals surface area contributed by atoms with Crippen molar-refractivity contribution in [3.8, 4) is 0 Å². The normalized spacial score (nSPS) is 17.2. The van der Waals surface area contributed by atoms with Crippen molar-refractivity contribution in [2.45, 2.75) is 26.3 Å². The number of halogens is 1. The highest BCUT2D eigenvalue weighted by molar-refractivity contribution is 7.18. The van der Waals surface area contributed by atoms with Gasteiger partial charge in [0.25, 0.3) is 0 Å². The van der Waals surface area contributed by atoms with Crippen molar-refractivity contribution in [3.05, 3.63) is 20.8 Å². The lowest BCUT2D eigenvalue weighted by Crippen LogP contribution is -2.18. The summed E-state index contributed by atoms with van der Waals surface area (Å²) in [6.07, 6.45) is 2.56. The van der Waals surface area contributed by atoms with Crippen molar-refractivity contribution in [1.82, 2.24) is 4.90 Å². The molecule has 0 N–H and O–H groups in total. The highest BCUT2D eigenvalue weighted by Gasteiger charge is 2.16. The van der Waals surface area contributed by atoms with Gasteiger partial charge in [-0.2, -0.15) is 0 Å². The standard InChI is InChI=1S/C11H14ClNOS/c1-8(14)10-6-9(11(12)15-10)7-13-4-2-3-5-13/h6H,2-5,7H2,1H3. The van der Waals surface area contributed by atoms with E-state index in [-0.39, 0.29) is 5.78 Å². The van der Waals surface area contributed by atoms with Crippen molar-refractivity contribution < 1.29 is 4.79 Å². The van der Waals surface area contributed by atoms with Crippen LogP contribution in [0.2, 0.25) is 4.34 Å². The number of ketones is 1. The molecule has 4 heteroatoms. The van der Waals surface area contributed by atoms with Gasteiger partial charge >= 0.3 is 0 Å². The quantitative estimate of drug-likeness (QED) is 0.760. The van der Waals surface area contributed by atoms with Gasteiger partial charge < -0.3 is 0 Å². The molecule has 0 unspecified atom stereocenters. The van der Waals surface area contributed by atoms with Gasteiger partial charge in [0.05, 0.1) is 9.21 Å². The Kier molecular flexibility index (Phi) is 3.44. The maximum Gasteiger partial charge on any atom is 0.169 e.